The second-order valence-electron chi connectivity index (χ2n) is 6.80. The fourth-order valence-electron chi connectivity index (χ4n) is 2.59. The van der Waals surface area contributed by atoms with E-state index in [1.54, 1.807) is 30.3 Å². The van der Waals surface area contributed by atoms with Gasteiger partial charge in [-0.1, -0.05) is 6.07 Å². The number of likely N-dealkylation sites (N-methyl/N-ethyl adjacent to an activating group) is 1. The van der Waals surface area contributed by atoms with Crippen molar-refractivity contribution in [1.29, 1.82) is 0 Å². The monoisotopic (exact) mass is 524 g/mol. The number of ether oxygens (including phenoxy) is 2. The summed E-state index contributed by atoms with van der Waals surface area (Å²) in [4.78, 5) is 18.9. The third-order valence-corrected chi connectivity index (χ3v) is 5.21. The largest absolute Gasteiger partial charge is 0.381 e. The molecule has 0 aliphatic carbocycles. The Balaban J connectivity index is 0.00000392. The molecule has 1 saturated heterocycles. The van der Waals surface area contributed by atoms with Gasteiger partial charge in [0.15, 0.2) is 5.96 Å². The Labute approximate surface area is 189 Å². The molecule has 1 aliphatic rings. The SMILES string of the molecule is CN(C)C(=O)CN=C(NCCCOCC1CCOCC1)NCc1cccs1.I. The molecule has 0 unspecified atom stereocenters. The molecular weight excluding hydrogens is 491 g/mol. The lowest BCUT2D eigenvalue weighted by Crippen LogP contribution is -2.38. The van der Waals surface area contributed by atoms with Gasteiger partial charge in [0, 0.05) is 51.9 Å². The van der Waals surface area contributed by atoms with Crippen LogP contribution in [0.25, 0.3) is 0 Å². The highest BCUT2D eigenvalue weighted by Gasteiger charge is 2.13. The van der Waals surface area contributed by atoms with Crippen LogP contribution >= 0.6 is 35.3 Å². The van der Waals surface area contributed by atoms with E-state index in [0.717, 1.165) is 52.2 Å². The van der Waals surface area contributed by atoms with Crippen LogP contribution in [0.2, 0.25) is 0 Å². The highest BCUT2D eigenvalue weighted by Crippen LogP contribution is 2.14. The zero-order valence-electron chi connectivity index (χ0n) is 16.8. The summed E-state index contributed by atoms with van der Waals surface area (Å²) in [5, 5.41) is 8.62. The molecule has 160 valence electrons. The Morgan fingerprint density at radius 1 is 1.36 bits per heavy atom. The molecule has 1 amide bonds. The summed E-state index contributed by atoms with van der Waals surface area (Å²) in [5.74, 6) is 1.27. The summed E-state index contributed by atoms with van der Waals surface area (Å²) >= 11 is 1.69. The maximum atomic E-state index is 11.8. The summed E-state index contributed by atoms with van der Waals surface area (Å²) in [6.45, 7) is 4.83. The normalized spacial score (nSPS) is 15.0. The number of thiophene rings is 1. The number of carbonyl (C=O) groups excluding carboxylic acids is 1. The molecule has 9 heteroatoms. The highest BCUT2D eigenvalue weighted by molar-refractivity contribution is 14.0. The van der Waals surface area contributed by atoms with Crippen molar-refractivity contribution in [2.24, 2.45) is 10.9 Å². The van der Waals surface area contributed by atoms with E-state index in [-0.39, 0.29) is 36.4 Å². The number of rotatable bonds is 10. The van der Waals surface area contributed by atoms with E-state index in [1.807, 2.05) is 11.4 Å². The third-order valence-electron chi connectivity index (χ3n) is 4.33. The maximum Gasteiger partial charge on any atom is 0.243 e. The van der Waals surface area contributed by atoms with Crippen LogP contribution in [0.5, 0.6) is 0 Å². The Kier molecular flexibility index (Phi) is 13.5. The van der Waals surface area contributed by atoms with Crippen molar-refractivity contribution in [3.05, 3.63) is 22.4 Å². The molecule has 1 aromatic rings. The molecule has 0 saturated carbocycles. The van der Waals surface area contributed by atoms with Crippen LogP contribution in [0.15, 0.2) is 22.5 Å². The van der Waals surface area contributed by atoms with Gasteiger partial charge in [0.2, 0.25) is 5.91 Å². The van der Waals surface area contributed by atoms with Crippen molar-refractivity contribution in [3.8, 4) is 0 Å². The van der Waals surface area contributed by atoms with Crippen molar-refractivity contribution < 1.29 is 14.3 Å². The molecule has 1 aliphatic heterocycles. The van der Waals surface area contributed by atoms with Gasteiger partial charge in [-0.15, -0.1) is 35.3 Å². The zero-order valence-corrected chi connectivity index (χ0v) is 20.0. The first kappa shape index (κ1) is 25.1. The van der Waals surface area contributed by atoms with Gasteiger partial charge in [0.1, 0.15) is 6.54 Å². The average Bonchev–Trinajstić information content (AvgIpc) is 3.20. The third kappa shape index (κ3) is 10.6. The minimum Gasteiger partial charge on any atom is -0.381 e. The average molecular weight is 524 g/mol. The van der Waals surface area contributed by atoms with E-state index >= 15 is 0 Å². The minimum atomic E-state index is -0.0213. The van der Waals surface area contributed by atoms with Crippen LogP contribution < -0.4 is 10.6 Å². The first-order valence-electron chi connectivity index (χ1n) is 9.55. The summed E-state index contributed by atoms with van der Waals surface area (Å²) in [6, 6.07) is 4.10. The lowest BCUT2D eigenvalue weighted by atomic mass is 10.0. The number of halogens is 1. The molecular formula is C19H33IN4O3S. The van der Waals surface area contributed by atoms with Gasteiger partial charge in [-0.2, -0.15) is 0 Å². The minimum absolute atomic E-state index is 0. The predicted octanol–water partition coefficient (Wildman–Crippen LogP) is 2.32. The molecule has 0 radical (unpaired) electrons. The summed E-state index contributed by atoms with van der Waals surface area (Å²) in [5.41, 5.74) is 0. The van der Waals surface area contributed by atoms with Crippen LogP contribution in [0, 0.1) is 5.92 Å². The van der Waals surface area contributed by atoms with Gasteiger partial charge < -0.3 is 25.0 Å². The standard InChI is InChI=1S/C19H32N4O3S.HI/c1-23(2)18(24)14-22-19(21-13-17-5-3-12-27-17)20-8-4-9-26-15-16-6-10-25-11-7-16;/h3,5,12,16H,4,6-11,13-15H2,1-2H3,(H2,20,21,22);1H. The molecule has 0 atom stereocenters. The van der Waals surface area contributed by atoms with Crippen LogP contribution in [0.3, 0.4) is 0 Å². The van der Waals surface area contributed by atoms with E-state index in [4.69, 9.17) is 9.47 Å². The van der Waals surface area contributed by atoms with Gasteiger partial charge in [-0.25, -0.2) is 4.99 Å². The highest BCUT2D eigenvalue weighted by atomic mass is 127. The molecule has 2 N–H and O–H groups in total. The maximum absolute atomic E-state index is 11.8. The van der Waals surface area contributed by atoms with Crippen LogP contribution in [0.4, 0.5) is 0 Å². The number of hydrogen-bond acceptors (Lipinski definition) is 5. The number of amides is 1. The van der Waals surface area contributed by atoms with Crippen molar-refractivity contribution in [1.82, 2.24) is 15.5 Å². The quantitative estimate of drug-likeness (QED) is 0.213. The number of nitrogens with one attached hydrogen (secondary N) is 2. The molecule has 2 rings (SSSR count). The van der Waals surface area contributed by atoms with Crippen molar-refractivity contribution in [2.75, 3.05) is 53.6 Å². The van der Waals surface area contributed by atoms with E-state index in [2.05, 4.69) is 21.7 Å². The Morgan fingerprint density at radius 2 is 2.14 bits per heavy atom. The fourth-order valence-corrected chi connectivity index (χ4v) is 3.24. The number of guanidine groups is 1. The molecule has 1 aromatic heterocycles. The van der Waals surface area contributed by atoms with Gasteiger partial charge in [0.25, 0.3) is 0 Å². The Morgan fingerprint density at radius 3 is 2.82 bits per heavy atom. The zero-order chi connectivity index (χ0) is 19.3. The second kappa shape index (κ2) is 15.0. The Hall–Kier alpha value is -0.910. The first-order chi connectivity index (χ1) is 13.1. The van der Waals surface area contributed by atoms with E-state index in [0.29, 0.717) is 18.4 Å². The van der Waals surface area contributed by atoms with Crippen molar-refractivity contribution in [3.63, 3.8) is 0 Å². The molecule has 1 fully saturated rings. The number of hydrogen-bond donors (Lipinski definition) is 2. The molecule has 0 aromatic carbocycles. The van der Waals surface area contributed by atoms with E-state index in [1.165, 1.54) is 4.88 Å². The van der Waals surface area contributed by atoms with Gasteiger partial charge in [-0.3, -0.25) is 4.79 Å². The number of nitrogens with zero attached hydrogens (tertiary/aromatic N) is 2. The molecule has 28 heavy (non-hydrogen) atoms. The summed E-state index contributed by atoms with van der Waals surface area (Å²) in [6.07, 6.45) is 3.09. The smallest absolute Gasteiger partial charge is 0.243 e. The number of carbonyl (C=O) groups is 1. The van der Waals surface area contributed by atoms with Gasteiger partial charge in [0.05, 0.1) is 6.54 Å². The molecule has 0 spiro atoms. The van der Waals surface area contributed by atoms with Crippen LogP contribution in [0.1, 0.15) is 24.1 Å². The molecule has 7 nitrogen and oxygen atoms in total. The topological polar surface area (TPSA) is 75.2 Å². The second-order valence-corrected chi connectivity index (χ2v) is 7.83. The van der Waals surface area contributed by atoms with E-state index in [9.17, 15) is 4.79 Å². The van der Waals surface area contributed by atoms with Gasteiger partial charge in [-0.05, 0) is 36.6 Å². The van der Waals surface area contributed by atoms with Crippen molar-refractivity contribution in [2.45, 2.75) is 25.8 Å². The molecule has 0 bridgehead atoms. The first-order valence-corrected chi connectivity index (χ1v) is 10.4. The number of aliphatic imine (C=N–C) groups is 1. The summed E-state index contributed by atoms with van der Waals surface area (Å²) in [7, 11) is 3.47. The lowest BCUT2D eigenvalue weighted by Gasteiger charge is -2.21. The van der Waals surface area contributed by atoms with Crippen molar-refractivity contribution >= 4 is 47.2 Å². The molecule has 2 heterocycles. The van der Waals surface area contributed by atoms with Crippen LogP contribution in [-0.4, -0.2) is 70.4 Å². The van der Waals surface area contributed by atoms with E-state index < -0.39 is 0 Å². The van der Waals surface area contributed by atoms with Crippen LogP contribution in [-0.2, 0) is 20.8 Å². The predicted molar refractivity (Wildman–Crippen MR) is 125 cm³/mol. The van der Waals surface area contributed by atoms with Gasteiger partial charge >= 0.3 is 0 Å². The Bertz CT molecular complexity index is 564. The summed E-state index contributed by atoms with van der Waals surface area (Å²) < 4.78 is 11.2. The lowest BCUT2D eigenvalue weighted by molar-refractivity contribution is -0.127. The fraction of sp³-hybridized carbons (Fsp3) is 0.684.